The Bertz CT molecular complexity index is 881. The molecule has 42 heavy (non-hydrogen) atoms. The summed E-state index contributed by atoms with van der Waals surface area (Å²) in [6.07, 6.45) is -15.4. The SMILES string of the molecule is O=C(OCC(F)(F)C(F)(F)C(F)(F)C(F)(F)C(F)(F)C(F)F)OCC(F)(F)C(F)(F)C(F)(F)C(F)(F)C(F)(F)C(F)F. The van der Waals surface area contributed by atoms with Crippen molar-refractivity contribution < 1.29 is 120 Å². The minimum absolute atomic E-state index is 2.64. The number of alkyl halides is 24. The summed E-state index contributed by atoms with van der Waals surface area (Å²) in [6, 6.07) is 0. The standard InChI is InChI=1S/C15H6F24O3/c16-3(17)8(24,25)12(32,33)14(36,37)10(28,29)6(20,21)1-41-5(40)42-2-7(22,23)11(30,31)15(38,39)13(34,35)9(26,27)4(18)19/h3-4H,1-2H2. The average molecular weight is 690 g/mol. The lowest BCUT2D eigenvalue weighted by molar-refractivity contribution is -0.415. The van der Waals surface area contributed by atoms with Crippen molar-refractivity contribution in [2.45, 2.75) is 72.1 Å². The predicted molar refractivity (Wildman–Crippen MR) is 78.8 cm³/mol. The van der Waals surface area contributed by atoms with Crippen LogP contribution in [0.3, 0.4) is 0 Å². The van der Waals surface area contributed by atoms with Crippen molar-refractivity contribution in [3.05, 3.63) is 0 Å². The van der Waals surface area contributed by atoms with Gasteiger partial charge in [-0.15, -0.1) is 0 Å². The highest BCUT2D eigenvalue weighted by molar-refractivity contribution is 5.60. The van der Waals surface area contributed by atoms with Crippen LogP contribution in [-0.2, 0) is 9.47 Å². The number of hydrogen-bond acceptors (Lipinski definition) is 3. The molecule has 27 heteroatoms. The molecule has 0 unspecified atom stereocenters. The topological polar surface area (TPSA) is 35.5 Å². The van der Waals surface area contributed by atoms with E-state index in [1.807, 2.05) is 0 Å². The summed E-state index contributed by atoms with van der Waals surface area (Å²) in [5, 5.41) is 0. The van der Waals surface area contributed by atoms with Crippen LogP contribution in [0.1, 0.15) is 0 Å². The van der Waals surface area contributed by atoms with Crippen molar-refractivity contribution in [3.63, 3.8) is 0 Å². The summed E-state index contributed by atoms with van der Waals surface area (Å²) in [4.78, 5) is 10.9. The van der Waals surface area contributed by atoms with Gasteiger partial charge in [-0.2, -0.15) is 87.8 Å². The van der Waals surface area contributed by atoms with E-state index in [0.29, 0.717) is 0 Å². The van der Waals surface area contributed by atoms with Crippen molar-refractivity contribution in [2.24, 2.45) is 0 Å². The second-order valence-corrected chi connectivity index (χ2v) is 7.53. The van der Waals surface area contributed by atoms with E-state index < -0.39 is 91.4 Å². The van der Waals surface area contributed by atoms with Crippen molar-refractivity contribution in [3.8, 4) is 0 Å². The maximum Gasteiger partial charge on any atom is 0.508 e. The zero-order valence-electron chi connectivity index (χ0n) is 18.4. The van der Waals surface area contributed by atoms with Gasteiger partial charge in [-0.25, -0.2) is 22.4 Å². The van der Waals surface area contributed by atoms with Gasteiger partial charge in [0.15, 0.2) is 13.2 Å². The van der Waals surface area contributed by atoms with Gasteiger partial charge < -0.3 is 9.47 Å². The third-order valence-corrected chi connectivity index (χ3v) is 4.62. The van der Waals surface area contributed by atoms with Crippen LogP contribution < -0.4 is 0 Å². The van der Waals surface area contributed by atoms with Crippen LogP contribution in [0.2, 0.25) is 0 Å². The first-order valence-corrected chi connectivity index (χ1v) is 9.13. The fraction of sp³-hybridized carbons (Fsp3) is 0.933. The summed E-state index contributed by atoms with van der Waals surface area (Å²) in [5.74, 6) is -77.6. The van der Waals surface area contributed by atoms with Crippen LogP contribution in [0, 0.1) is 0 Å². The molecule has 0 amide bonds. The molecule has 0 aromatic rings. The molecule has 0 aliphatic rings. The zero-order valence-corrected chi connectivity index (χ0v) is 18.4. The van der Waals surface area contributed by atoms with Gasteiger partial charge in [-0.3, -0.25) is 0 Å². The molecule has 0 aromatic carbocycles. The summed E-state index contributed by atoms with van der Waals surface area (Å²) in [5.41, 5.74) is 0. The minimum Gasteiger partial charge on any atom is -0.428 e. The van der Waals surface area contributed by atoms with E-state index in [4.69, 9.17) is 0 Å². The highest BCUT2D eigenvalue weighted by Gasteiger charge is 2.89. The fourth-order valence-electron chi connectivity index (χ4n) is 2.07. The molecule has 0 saturated carbocycles. The van der Waals surface area contributed by atoms with Crippen molar-refractivity contribution in [1.82, 2.24) is 0 Å². The Morgan fingerprint density at radius 3 is 0.810 bits per heavy atom. The lowest BCUT2D eigenvalue weighted by Crippen LogP contribution is -2.69. The number of hydrogen-bond donors (Lipinski definition) is 0. The smallest absolute Gasteiger partial charge is 0.428 e. The molecule has 0 rings (SSSR count). The van der Waals surface area contributed by atoms with E-state index >= 15 is 0 Å². The van der Waals surface area contributed by atoms with Crippen LogP contribution in [-0.4, -0.2) is 91.4 Å². The largest absolute Gasteiger partial charge is 0.508 e. The molecule has 0 aliphatic heterocycles. The van der Waals surface area contributed by atoms with Gasteiger partial charge in [0.25, 0.3) is 0 Å². The predicted octanol–water partition coefficient (Wildman–Crippen LogP) is 8.02. The number of carbonyl (C=O) groups excluding carboxylic acids is 1. The van der Waals surface area contributed by atoms with Gasteiger partial charge in [0.2, 0.25) is 0 Å². The number of ether oxygens (including phenoxy) is 2. The van der Waals surface area contributed by atoms with Crippen molar-refractivity contribution in [2.75, 3.05) is 13.2 Å². The molecule has 0 atom stereocenters. The average Bonchev–Trinajstić information content (AvgIpc) is 2.80. The van der Waals surface area contributed by atoms with Gasteiger partial charge in [-0.1, -0.05) is 0 Å². The van der Waals surface area contributed by atoms with E-state index in [0.717, 1.165) is 0 Å². The van der Waals surface area contributed by atoms with E-state index in [9.17, 15) is 110 Å². The number of rotatable bonds is 14. The Labute approximate surface area is 212 Å². The normalized spacial score (nSPS) is 15.9. The van der Waals surface area contributed by atoms with Gasteiger partial charge >= 0.3 is 78.2 Å². The summed E-state index contributed by atoms with van der Waals surface area (Å²) >= 11 is 0. The zero-order chi connectivity index (χ0) is 34.6. The monoisotopic (exact) mass is 690 g/mol. The Morgan fingerprint density at radius 2 is 0.619 bits per heavy atom. The molecule has 0 N–H and O–H groups in total. The first-order chi connectivity index (χ1) is 18.0. The van der Waals surface area contributed by atoms with Gasteiger partial charge in [-0.05, 0) is 0 Å². The maximum atomic E-state index is 13.4. The molecular formula is C15H6F24O3. The number of carbonyl (C=O) groups is 1. The van der Waals surface area contributed by atoms with E-state index in [1.165, 1.54) is 0 Å². The van der Waals surface area contributed by atoms with Crippen LogP contribution in [0.5, 0.6) is 0 Å². The summed E-state index contributed by atoms with van der Waals surface area (Å²) in [6.45, 7) is -7.80. The van der Waals surface area contributed by atoms with Gasteiger partial charge in [0.1, 0.15) is 0 Å². The quantitative estimate of drug-likeness (QED) is 0.137. The van der Waals surface area contributed by atoms with Crippen molar-refractivity contribution >= 4 is 6.16 Å². The Balaban J connectivity index is 5.90. The molecule has 0 heterocycles. The highest BCUT2D eigenvalue weighted by atomic mass is 19.4. The molecule has 0 spiro atoms. The van der Waals surface area contributed by atoms with Gasteiger partial charge in [0, 0.05) is 0 Å². The molecular weight excluding hydrogens is 684 g/mol. The van der Waals surface area contributed by atoms with Gasteiger partial charge in [0.05, 0.1) is 0 Å². The molecule has 0 aromatic heterocycles. The summed E-state index contributed by atoms with van der Waals surface area (Å²) < 4.78 is 316. The van der Waals surface area contributed by atoms with Crippen molar-refractivity contribution in [1.29, 1.82) is 0 Å². The van der Waals surface area contributed by atoms with E-state index in [1.54, 1.807) is 0 Å². The first kappa shape index (κ1) is 39.6. The minimum atomic E-state index is -8.19. The first-order valence-electron chi connectivity index (χ1n) is 9.13. The molecule has 0 aliphatic carbocycles. The van der Waals surface area contributed by atoms with Crippen LogP contribution in [0.15, 0.2) is 0 Å². The maximum absolute atomic E-state index is 13.4. The molecule has 0 bridgehead atoms. The molecule has 252 valence electrons. The summed E-state index contributed by atoms with van der Waals surface area (Å²) in [7, 11) is 0. The fourth-order valence-corrected chi connectivity index (χ4v) is 2.07. The third-order valence-electron chi connectivity index (χ3n) is 4.62. The van der Waals surface area contributed by atoms with E-state index in [-0.39, 0.29) is 0 Å². The lowest BCUT2D eigenvalue weighted by Gasteiger charge is -2.39. The van der Waals surface area contributed by atoms with Crippen LogP contribution >= 0.6 is 0 Å². The Hall–Kier alpha value is -2.41. The molecule has 0 saturated heterocycles. The Morgan fingerprint density at radius 1 is 0.405 bits per heavy atom. The second kappa shape index (κ2) is 10.9. The van der Waals surface area contributed by atoms with E-state index in [2.05, 4.69) is 9.47 Å². The Kier molecular flexibility index (Phi) is 10.3. The molecule has 0 radical (unpaired) electrons. The van der Waals surface area contributed by atoms with Crippen LogP contribution in [0.4, 0.5) is 110 Å². The molecule has 0 fully saturated rings. The highest BCUT2D eigenvalue weighted by Crippen LogP contribution is 2.59. The van der Waals surface area contributed by atoms with Crippen LogP contribution in [0.25, 0.3) is 0 Å². The third kappa shape index (κ3) is 5.75. The second-order valence-electron chi connectivity index (χ2n) is 7.53. The number of halogens is 24. The lowest BCUT2D eigenvalue weighted by atomic mass is 9.94. The molecule has 3 nitrogen and oxygen atoms in total.